The van der Waals surface area contributed by atoms with Crippen LogP contribution in [-0.2, 0) is 0 Å². The molecule has 0 unspecified atom stereocenters. The van der Waals surface area contributed by atoms with Crippen molar-refractivity contribution >= 4 is 47.0 Å². The number of hydrogen-bond acceptors (Lipinski definition) is 6. The Balaban J connectivity index is 1.42. The highest BCUT2D eigenvalue weighted by atomic mass is 15.4. The Morgan fingerprint density at radius 3 is 1.38 bits per heavy atom. The van der Waals surface area contributed by atoms with E-state index < -0.39 is 0 Å². The molecule has 0 saturated heterocycles. The van der Waals surface area contributed by atoms with Gasteiger partial charge in [-0.1, -0.05) is 97.1 Å². The van der Waals surface area contributed by atoms with Gasteiger partial charge in [0.25, 0.3) is 0 Å². The molecule has 0 saturated carbocycles. The normalized spacial score (nSPS) is 11.9. The first-order chi connectivity index (χ1) is 15.9. The van der Waals surface area contributed by atoms with Crippen molar-refractivity contribution in [3.8, 4) is 0 Å². The van der Waals surface area contributed by atoms with Crippen LogP contribution in [-0.4, -0.2) is 22.6 Å². The van der Waals surface area contributed by atoms with Crippen LogP contribution in [0, 0.1) is 0 Å². The molecule has 1 heterocycles. The highest BCUT2D eigenvalue weighted by Crippen LogP contribution is 2.25. The van der Waals surface area contributed by atoms with E-state index in [0.717, 1.165) is 21.9 Å². The summed E-state index contributed by atoms with van der Waals surface area (Å²) in [6, 6.07) is 27.9. The van der Waals surface area contributed by atoms with Crippen LogP contribution in [0.15, 0.2) is 107 Å². The molecule has 6 heteroatoms. The molecular weight excluding hydrogens is 396 g/mol. The molecule has 0 bridgehead atoms. The van der Waals surface area contributed by atoms with Gasteiger partial charge in [0.05, 0.1) is 0 Å². The Kier molecular flexibility index (Phi) is 7.10. The van der Waals surface area contributed by atoms with Gasteiger partial charge >= 0.3 is 0 Å². The summed E-state index contributed by atoms with van der Waals surface area (Å²) in [5, 5.41) is 18.8. The first kappa shape index (κ1) is 20.7. The minimum absolute atomic E-state index is 0.573. The molecule has 0 aliphatic heterocycles. The zero-order chi connectivity index (χ0) is 21.8. The van der Waals surface area contributed by atoms with Crippen molar-refractivity contribution in [2.24, 2.45) is 10.2 Å². The summed E-state index contributed by atoms with van der Waals surface area (Å²) < 4.78 is 0. The average molecular weight is 419 g/mol. The molecule has 0 amide bonds. The molecular formula is C26H22N6. The van der Waals surface area contributed by atoms with Crippen LogP contribution in [0.2, 0.25) is 0 Å². The number of benzene rings is 3. The molecule has 0 aliphatic rings. The number of allylic oxidation sites excluding steroid dienone is 2. The van der Waals surface area contributed by atoms with Crippen molar-refractivity contribution in [2.45, 2.75) is 0 Å². The lowest BCUT2D eigenvalue weighted by Crippen LogP contribution is -2.01. The first-order valence-corrected chi connectivity index (χ1v) is 10.2. The molecule has 4 aromatic rings. The van der Waals surface area contributed by atoms with Gasteiger partial charge in [-0.3, -0.25) is 10.9 Å². The van der Waals surface area contributed by atoms with E-state index in [1.807, 2.05) is 109 Å². The first-order valence-electron chi connectivity index (χ1n) is 10.2. The summed E-state index contributed by atoms with van der Waals surface area (Å²) in [6.07, 6.45) is 11.0. The molecule has 3 aromatic carbocycles. The van der Waals surface area contributed by atoms with Crippen molar-refractivity contribution < 1.29 is 0 Å². The quantitative estimate of drug-likeness (QED) is 0.278. The minimum Gasteiger partial charge on any atom is -0.259 e. The third-order valence-corrected chi connectivity index (χ3v) is 4.53. The van der Waals surface area contributed by atoms with Crippen LogP contribution in [0.5, 0.6) is 0 Å². The van der Waals surface area contributed by atoms with Crippen molar-refractivity contribution in [3.63, 3.8) is 0 Å². The van der Waals surface area contributed by atoms with Crippen LogP contribution in [0.1, 0.15) is 11.1 Å². The zero-order valence-corrected chi connectivity index (χ0v) is 17.3. The second-order valence-electron chi connectivity index (χ2n) is 6.76. The molecule has 4 rings (SSSR count). The van der Waals surface area contributed by atoms with Gasteiger partial charge in [-0.25, -0.2) is 0 Å². The molecule has 0 spiro atoms. The summed E-state index contributed by atoms with van der Waals surface area (Å²) in [5.74, 6) is 1.15. The van der Waals surface area contributed by atoms with Gasteiger partial charge in [0.15, 0.2) is 11.6 Å². The summed E-state index contributed by atoms with van der Waals surface area (Å²) in [5.41, 5.74) is 8.15. The predicted molar refractivity (Wildman–Crippen MR) is 135 cm³/mol. The fraction of sp³-hybridized carbons (Fsp3) is 0. The van der Waals surface area contributed by atoms with E-state index in [0.29, 0.717) is 11.6 Å². The minimum atomic E-state index is 0.573. The number of anilines is 2. The molecule has 32 heavy (non-hydrogen) atoms. The number of hydrazone groups is 2. The molecule has 0 radical (unpaired) electrons. The van der Waals surface area contributed by atoms with Crippen LogP contribution in [0.25, 0.3) is 22.9 Å². The Morgan fingerprint density at radius 1 is 0.531 bits per heavy atom. The van der Waals surface area contributed by atoms with Gasteiger partial charge in [-0.05, 0) is 23.3 Å². The van der Waals surface area contributed by atoms with E-state index in [2.05, 4.69) is 31.3 Å². The predicted octanol–water partition coefficient (Wildman–Crippen LogP) is 5.85. The second-order valence-corrected chi connectivity index (χ2v) is 6.76. The van der Waals surface area contributed by atoms with Gasteiger partial charge in [0, 0.05) is 23.2 Å². The zero-order valence-electron chi connectivity index (χ0n) is 17.3. The summed E-state index contributed by atoms with van der Waals surface area (Å²) in [4.78, 5) is 0. The lowest BCUT2D eigenvalue weighted by molar-refractivity contribution is 1.03. The smallest absolute Gasteiger partial charge is 0.176 e. The maximum Gasteiger partial charge on any atom is 0.176 e. The van der Waals surface area contributed by atoms with Crippen LogP contribution < -0.4 is 10.9 Å². The van der Waals surface area contributed by atoms with E-state index >= 15 is 0 Å². The van der Waals surface area contributed by atoms with Crippen LogP contribution in [0.4, 0.5) is 11.6 Å². The van der Waals surface area contributed by atoms with E-state index in [1.165, 1.54) is 0 Å². The second kappa shape index (κ2) is 11.0. The number of nitrogens with one attached hydrogen (secondary N) is 2. The fourth-order valence-corrected chi connectivity index (χ4v) is 2.99. The Labute approximate surface area is 186 Å². The highest BCUT2D eigenvalue weighted by Gasteiger charge is 2.07. The van der Waals surface area contributed by atoms with E-state index in [-0.39, 0.29) is 0 Å². The number of hydrogen-bond donors (Lipinski definition) is 2. The molecule has 0 aliphatic carbocycles. The maximum absolute atomic E-state index is 4.26. The van der Waals surface area contributed by atoms with E-state index in [9.17, 15) is 0 Å². The van der Waals surface area contributed by atoms with Crippen molar-refractivity contribution in [3.05, 3.63) is 108 Å². The largest absolute Gasteiger partial charge is 0.259 e. The van der Waals surface area contributed by atoms with Gasteiger partial charge in [0.2, 0.25) is 0 Å². The van der Waals surface area contributed by atoms with E-state index in [1.54, 1.807) is 12.4 Å². The molecule has 156 valence electrons. The van der Waals surface area contributed by atoms with Crippen LogP contribution in [0.3, 0.4) is 0 Å². The molecule has 0 atom stereocenters. The number of aromatic nitrogens is 2. The standard InChI is InChI=1S/C26H22N6/c1-3-11-21(12-4-1)15-9-19-27-29-25-23-17-7-8-18-24(23)26(32-31-25)30-28-20-10-16-22-13-5-2-6-14-22/h1-20H,(H,29,31)(H,30,32)/b15-9-,16-10+,27-19+,28-20-. The fourth-order valence-electron chi connectivity index (χ4n) is 2.99. The Hall–Kier alpha value is -4.58. The third-order valence-electron chi connectivity index (χ3n) is 4.53. The molecule has 0 fully saturated rings. The lowest BCUT2D eigenvalue weighted by Gasteiger charge is -2.07. The number of rotatable bonds is 8. The van der Waals surface area contributed by atoms with Crippen molar-refractivity contribution in [2.75, 3.05) is 10.9 Å². The van der Waals surface area contributed by atoms with Gasteiger partial charge < -0.3 is 0 Å². The van der Waals surface area contributed by atoms with Gasteiger partial charge in [0.1, 0.15) is 0 Å². The molecule has 1 aromatic heterocycles. The van der Waals surface area contributed by atoms with Gasteiger partial charge in [-0.2, -0.15) is 10.2 Å². The molecule has 6 nitrogen and oxygen atoms in total. The summed E-state index contributed by atoms with van der Waals surface area (Å²) in [6.45, 7) is 0. The average Bonchev–Trinajstić information content (AvgIpc) is 2.86. The third kappa shape index (κ3) is 5.73. The molecule has 2 N–H and O–H groups in total. The highest BCUT2D eigenvalue weighted by molar-refractivity contribution is 5.98. The maximum atomic E-state index is 4.26. The Morgan fingerprint density at radius 2 is 0.938 bits per heavy atom. The SMILES string of the molecule is C(=C/c1ccccc1)/C=N/Nc1nnc(N/N=C\C=C\c2ccccc2)c2ccccc12. The Bertz CT molecular complexity index is 1160. The number of nitrogens with zero attached hydrogens (tertiary/aromatic N) is 4. The summed E-state index contributed by atoms with van der Waals surface area (Å²) in [7, 11) is 0. The monoisotopic (exact) mass is 418 g/mol. The lowest BCUT2D eigenvalue weighted by atomic mass is 10.2. The van der Waals surface area contributed by atoms with E-state index in [4.69, 9.17) is 0 Å². The van der Waals surface area contributed by atoms with Crippen molar-refractivity contribution in [1.82, 2.24) is 10.2 Å². The van der Waals surface area contributed by atoms with Crippen LogP contribution >= 0.6 is 0 Å². The van der Waals surface area contributed by atoms with Crippen molar-refractivity contribution in [1.29, 1.82) is 0 Å². The van der Waals surface area contributed by atoms with Gasteiger partial charge in [-0.15, -0.1) is 10.2 Å². The topological polar surface area (TPSA) is 74.6 Å². The number of fused-ring (bicyclic) bond motifs is 1. The summed E-state index contributed by atoms with van der Waals surface area (Å²) >= 11 is 0.